The number of unbranched alkanes of at least 4 members (excludes halogenated alkanes) is 3. The van der Waals surface area contributed by atoms with Crippen molar-refractivity contribution in [2.24, 2.45) is 0 Å². The molecule has 3 heterocycles. The molecule has 37 heavy (non-hydrogen) atoms. The van der Waals surface area contributed by atoms with E-state index in [1.165, 1.54) is 11.3 Å². The average molecular weight is 540 g/mol. The van der Waals surface area contributed by atoms with Crippen LogP contribution < -0.4 is 10.6 Å². The van der Waals surface area contributed by atoms with Crippen LogP contribution in [0.5, 0.6) is 0 Å². The minimum absolute atomic E-state index is 0.000727. The van der Waals surface area contributed by atoms with Gasteiger partial charge in [0, 0.05) is 29.2 Å². The molecule has 0 aliphatic rings. The van der Waals surface area contributed by atoms with Gasteiger partial charge in [-0.3, -0.25) is 9.59 Å². The zero-order chi connectivity index (χ0) is 26.3. The fourth-order valence-electron chi connectivity index (χ4n) is 3.70. The number of carbonyl (C=O) groups is 2. The van der Waals surface area contributed by atoms with Gasteiger partial charge in [0.1, 0.15) is 11.6 Å². The molecule has 4 aromatic rings. The topological polar surface area (TPSA) is 113 Å². The summed E-state index contributed by atoms with van der Waals surface area (Å²) in [4.78, 5) is 36.3. The van der Waals surface area contributed by atoms with Gasteiger partial charge in [0.15, 0.2) is 5.13 Å². The zero-order valence-corrected chi connectivity index (χ0v) is 23.1. The molecule has 0 fully saturated rings. The highest BCUT2D eigenvalue weighted by Crippen LogP contribution is 2.32. The van der Waals surface area contributed by atoms with E-state index in [4.69, 9.17) is 4.42 Å². The summed E-state index contributed by atoms with van der Waals surface area (Å²) in [6.07, 6.45) is 7.84. The van der Waals surface area contributed by atoms with Crippen LogP contribution in [0, 0.1) is 0 Å². The molecule has 0 aliphatic heterocycles. The van der Waals surface area contributed by atoms with Crippen LogP contribution in [0.2, 0.25) is 0 Å². The number of carbonyl (C=O) groups excluding carboxylic acids is 2. The number of fused-ring (bicyclic) bond motifs is 1. The van der Waals surface area contributed by atoms with Crippen molar-refractivity contribution in [1.82, 2.24) is 15.0 Å². The molecular weight excluding hydrogens is 506 g/mol. The lowest BCUT2D eigenvalue weighted by atomic mass is 9.94. The summed E-state index contributed by atoms with van der Waals surface area (Å²) >= 11 is 3.04. The standard InChI is InChI=1S/C27H33N5O3S2/c1-27(2,3)20-15-28-24(35-20)17-36-25-16-29-26(37-25)32-23(34)13-7-5-4-6-12-22(33)31-21-14-18-10-8-9-11-19(18)30-21/h8-11,14-16,30H,4-7,12-13,17H2,1-3H3,(H,31,33)(H,29,32,34). The van der Waals surface area contributed by atoms with Gasteiger partial charge < -0.3 is 20.0 Å². The highest BCUT2D eigenvalue weighted by molar-refractivity contribution is 8.00. The van der Waals surface area contributed by atoms with E-state index < -0.39 is 0 Å². The molecule has 0 saturated carbocycles. The smallest absolute Gasteiger partial charge is 0.226 e. The molecule has 0 spiro atoms. The van der Waals surface area contributed by atoms with E-state index in [-0.39, 0.29) is 17.2 Å². The molecule has 10 heteroatoms. The first kappa shape index (κ1) is 26.9. The van der Waals surface area contributed by atoms with Crippen LogP contribution in [0.15, 0.2) is 51.4 Å². The van der Waals surface area contributed by atoms with Crippen molar-refractivity contribution in [3.8, 4) is 0 Å². The molecule has 0 bridgehead atoms. The van der Waals surface area contributed by atoms with E-state index >= 15 is 0 Å². The lowest BCUT2D eigenvalue weighted by Crippen LogP contribution is -2.11. The Morgan fingerprint density at radius 3 is 2.43 bits per heavy atom. The average Bonchev–Trinajstić information content (AvgIpc) is 3.59. The van der Waals surface area contributed by atoms with Crippen molar-refractivity contribution < 1.29 is 14.0 Å². The maximum Gasteiger partial charge on any atom is 0.226 e. The Morgan fingerprint density at radius 1 is 1.00 bits per heavy atom. The SMILES string of the molecule is CC(C)(C)c1cnc(CSc2cnc(NC(=O)CCCCCCC(=O)Nc3cc4ccccc4[nH]3)s2)o1. The van der Waals surface area contributed by atoms with Crippen LogP contribution in [-0.2, 0) is 20.8 Å². The molecule has 4 rings (SSSR count). The summed E-state index contributed by atoms with van der Waals surface area (Å²) in [5.74, 6) is 2.85. The van der Waals surface area contributed by atoms with E-state index in [1.54, 1.807) is 24.2 Å². The van der Waals surface area contributed by atoms with Crippen molar-refractivity contribution >= 4 is 56.8 Å². The van der Waals surface area contributed by atoms with E-state index in [0.717, 1.165) is 52.4 Å². The predicted octanol–water partition coefficient (Wildman–Crippen LogP) is 7.12. The number of H-pyrrole nitrogens is 1. The van der Waals surface area contributed by atoms with E-state index in [0.29, 0.717) is 29.6 Å². The number of rotatable bonds is 12. The Labute approximate surface area is 225 Å². The molecule has 3 N–H and O–H groups in total. The number of thiazole rings is 1. The minimum atomic E-state index is -0.0644. The minimum Gasteiger partial charge on any atom is -0.444 e. The van der Waals surface area contributed by atoms with Crippen LogP contribution in [0.3, 0.4) is 0 Å². The quantitative estimate of drug-likeness (QED) is 0.130. The second-order valence-electron chi connectivity index (χ2n) is 9.92. The van der Waals surface area contributed by atoms with Gasteiger partial charge in [-0.15, -0.1) is 11.8 Å². The molecule has 196 valence electrons. The first-order valence-corrected chi connectivity index (χ1v) is 14.3. The third-order valence-corrected chi connectivity index (χ3v) is 7.82. The number of thioether (sulfide) groups is 1. The van der Waals surface area contributed by atoms with Crippen molar-refractivity contribution in [2.75, 3.05) is 10.6 Å². The van der Waals surface area contributed by atoms with Crippen LogP contribution in [0.1, 0.15) is 70.9 Å². The number of hydrogen-bond acceptors (Lipinski definition) is 7. The van der Waals surface area contributed by atoms with Crippen molar-refractivity contribution in [2.45, 2.75) is 74.7 Å². The van der Waals surface area contributed by atoms with E-state index in [1.807, 2.05) is 30.3 Å². The maximum absolute atomic E-state index is 12.3. The second kappa shape index (κ2) is 12.4. The first-order chi connectivity index (χ1) is 17.8. The summed E-state index contributed by atoms with van der Waals surface area (Å²) in [6, 6.07) is 9.86. The van der Waals surface area contributed by atoms with Gasteiger partial charge in [-0.2, -0.15) is 0 Å². The molecule has 0 atom stereocenters. The van der Waals surface area contributed by atoms with Gasteiger partial charge in [0.25, 0.3) is 0 Å². The second-order valence-corrected chi connectivity index (χ2v) is 12.2. The molecule has 1 aromatic carbocycles. The van der Waals surface area contributed by atoms with Gasteiger partial charge in [-0.1, -0.05) is 63.1 Å². The summed E-state index contributed by atoms with van der Waals surface area (Å²) in [6.45, 7) is 6.28. The Hall–Kier alpha value is -3.11. The normalized spacial score (nSPS) is 11.6. The number of nitrogens with zero attached hydrogens (tertiary/aromatic N) is 2. The summed E-state index contributed by atoms with van der Waals surface area (Å²) in [7, 11) is 0. The largest absolute Gasteiger partial charge is 0.444 e. The maximum atomic E-state index is 12.3. The number of oxazole rings is 1. The van der Waals surface area contributed by atoms with Gasteiger partial charge in [0.05, 0.1) is 22.4 Å². The van der Waals surface area contributed by atoms with Gasteiger partial charge in [0.2, 0.25) is 17.7 Å². The number of para-hydroxylation sites is 1. The third kappa shape index (κ3) is 8.19. The highest BCUT2D eigenvalue weighted by Gasteiger charge is 2.19. The van der Waals surface area contributed by atoms with Crippen LogP contribution >= 0.6 is 23.1 Å². The third-order valence-electron chi connectivity index (χ3n) is 5.72. The fourth-order valence-corrected chi connectivity index (χ4v) is 5.44. The monoisotopic (exact) mass is 539 g/mol. The lowest BCUT2D eigenvalue weighted by Gasteiger charge is -2.12. The first-order valence-electron chi connectivity index (χ1n) is 12.5. The van der Waals surface area contributed by atoms with Crippen LogP contribution in [-0.4, -0.2) is 26.8 Å². The number of anilines is 2. The number of nitrogens with one attached hydrogen (secondary N) is 3. The van der Waals surface area contributed by atoms with Gasteiger partial charge in [-0.25, -0.2) is 9.97 Å². The van der Waals surface area contributed by atoms with Gasteiger partial charge >= 0.3 is 0 Å². The Bertz CT molecular complexity index is 1300. The van der Waals surface area contributed by atoms with Crippen molar-refractivity contribution in [3.05, 3.63) is 54.4 Å². The Kier molecular flexibility index (Phi) is 9.04. The molecule has 0 saturated heterocycles. The molecular formula is C27H33N5O3S2. The number of benzene rings is 1. The van der Waals surface area contributed by atoms with Crippen molar-refractivity contribution in [1.29, 1.82) is 0 Å². The molecule has 3 aromatic heterocycles. The van der Waals surface area contributed by atoms with Crippen LogP contribution in [0.25, 0.3) is 10.9 Å². The lowest BCUT2D eigenvalue weighted by molar-refractivity contribution is -0.117. The number of hydrogen-bond donors (Lipinski definition) is 3. The Morgan fingerprint density at radius 2 is 1.73 bits per heavy atom. The summed E-state index contributed by atoms with van der Waals surface area (Å²) in [5.41, 5.74) is 0.940. The fraction of sp³-hybridized carbons (Fsp3) is 0.407. The van der Waals surface area contributed by atoms with E-state index in [2.05, 4.69) is 46.4 Å². The number of aromatic amines is 1. The number of amides is 2. The molecule has 0 radical (unpaired) electrons. The summed E-state index contributed by atoms with van der Waals surface area (Å²) < 4.78 is 6.82. The molecule has 0 aliphatic carbocycles. The Balaban J connectivity index is 1.07. The van der Waals surface area contributed by atoms with Crippen molar-refractivity contribution in [3.63, 3.8) is 0 Å². The molecule has 0 unspecified atom stereocenters. The van der Waals surface area contributed by atoms with E-state index in [9.17, 15) is 9.59 Å². The molecule has 2 amide bonds. The highest BCUT2D eigenvalue weighted by atomic mass is 32.2. The molecule has 8 nitrogen and oxygen atoms in total. The van der Waals surface area contributed by atoms with Crippen LogP contribution in [0.4, 0.5) is 10.9 Å². The summed E-state index contributed by atoms with van der Waals surface area (Å²) in [5, 5.41) is 7.48. The van der Waals surface area contributed by atoms with Gasteiger partial charge in [-0.05, 0) is 25.0 Å². The zero-order valence-electron chi connectivity index (χ0n) is 21.4. The number of aromatic nitrogens is 3. The predicted molar refractivity (Wildman–Crippen MR) is 150 cm³/mol.